The van der Waals surface area contributed by atoms with Crippen molar-refractivity contribution in [2.75, 3.05) is 12.3 Å². The van der Waals surface area contributed by atoms with E-state index in [0.717, 1.165) is 35.7 Å². The molecule has 2 rings (SSSR count). The first kappa shape index (κ1) is 15.3. The molecule has 0 bridgehead atoms. The summed E-state index contributed by atoms with van der Waals surface area (Å²) in [6.45, 7) is 1.98. The van der Waals surface area contributed by atoms with Crippen LogP contribution in [0.1, 0.15) is 41.6 Å². The summed E-state index contributed by atoms with van der Waals surface area (Å²) < 4.78 is 0.799. The van der Waals surface area contributed by atoms with Crippen LogP contribution in [-0.2, 0) is 0 Å². The van der Waals surface area contributed by atoms with Crippen molar-refractivity contribution in [2.24, 2.45) is 5.92 Å². The number of nitrogen functional groups attached to an aromatic ring is 1. The van der Waals surface area contributed by atoms with Crippen LogP contribution in [0, 0.1) is 12.8 Å². The number of halogens is 1. The maximum absolute atomic E-state index is 12.4. The highest BCUT2D eigenvalue weighted by atomic mass is 79.9. The second kappa shape index (κ2) is 6.59. The van der Waals surface area contributed by atoms with Gasteiger partial charge in [-0.2, -0.15) is 0 Å². The number of carbonyl (C=O) groups is 1. The second-order valence-corrected chi connectivity index (χ2v) is 6.39. The molecular weight excluding hydrogens is 320 g/mol. The summed E-state index contributed by atoms with van der Waals surface area (Å²) in [5, 5.41) is 12.5. The number of hydrogen-bond donors (Lipinski definition) is 3. The van der Waals surface area contributed by atoms with Gasteiger partial charge in [0.1, 0.15) is 0 Å². The van der Waals surface area contributed by atoms with Crippen LogP contribution in [0.15, 0.2) is 16.6 Å². The van der Waals surface area contributed by atoms with Crippen molar-refractivity contribution in [2.45, 2.75) is 38.6 Å². The van der Waals surface area contributed by atoms with E-state index in [1.54, 1.807) is 12.1 Å². The van der Waals surface area contributed by atoms with E-state index in [1.165, 1.54) is 0 Å². The molecule has 1 aliphatic rings. The second-order valence-electron chi connectivity index (χ2n) is 5.47. The molecule has 1 aromatic rings. The van der Waals surface area contributed by atoms with E-state index in [0.29, 0.717) is 11.3 Å². The SMILES string of the molecule is Cc1c(N)cc(Br)cc1C(=O)NC1CCCCC1CO. The standard InChI is InChI=1S/C15H21BrN2O2/c1-9-12(6-11(16)7-13(9)17)15(20)18-14-5-3-2-4-10(14)8-19/h6-7,10,14,19H,2-5,8,17H2,1H3,(H,18,20). The molecular formula is C15H21BrN2O2. The largest absolute Gasteiger partial charge is 0.398 e. The highest BCUT2D eigenvalue weighted by Crippen LogP contribution is 2.26. The van der Waals surface area contributed by atoms with E-state index in [-0.39, 0.29) is 24.5 Å². The molecule has 0 saturated heterocycles. The Kier molecular flexibility index (Phi) is 5.05. The van der Waals surface area contributed by atoms with Gasteiger partial charge in [0, 0.05) is 34.3 Å². The van der Waals surface area contributed by atoms with Crippen molar-refractivity contribution in [1.82, 2.24) is 5.32 Å². The Balaban J connectivity index is 2.15. The van der Waals surface area contributed by atoms with Crippen LogP contribution in [0.5, 0.6) is 0 Å². The predicted octanol–water partition coefficient (Wildman–Crippen LogP) is 2.62. The molecule has 1 fully saturated rings. The quantitative estimate of drug-likeness (QED) is 0.740. The lowest BCUT2D eigenvalue weighted by Crippen LogP contribution is -2.43. The van der Waals surface area contributed by atoms with Gasteiger partial charge in [-0.05, 0) is 37.5 Å². The van der Waals surface area contributed by atoms with Gasteiger partial charge in [-0.15, -0.1) is 0 Å². The van der Waals surface area contributed by atoms with Gasteiger partial charge in [0.2, 0.25) is 0 Å². The first-order valence-electron chi connectivity index (χ1n) is 7.00. The fourth-order valence-electron chi connectivity index (χ4n) is 2.80. The van der Waals surface area contributed by atoms with Gasteiger partial charge in [-0.1, -0.05) is 28.8 Å². The fourth-order valence-corrected chi connectivity index (χ4v) is 3.27. The zero-order chi connectivity index (χ0) is 14.7. The van der Waals surface area contributed by atoms with Crippen LogP contribution in [0.2, 0.25) is 0 Å². The maximum Gasteiger partial charge on any atom is 0.251 e. The first-order chi connectivity index (χ1) is 9.52. The van der Waals surface area contributed by atoms with Crippen LogP contribution in [0.25, 0.3) is 0 Å². The third kappa shape index (κ3) is 3.33. The predicted molar refractivity (Wildman–Crippen MR) is 83.6 cm³/mol. The fraction of sp³-hybridized carbons (Fsp3) is 0.533. The van der Waals surface area contributed by atoms with E-state index >= 15 is 0 Å². The normalized spacial score (nSPS) is 22.6. The number of carbonyl (C=O) groups excluding carboxylic acids is 1. The Morgan fingerprint density at radius 2 is 2.15 bits per heavy atom. The zero-order valence-electron chi connectivity index (χ0n) is 11.7. The number of nitrogens with two attached hydrogens (primary N) is 1. The lowest BCUT2D eigenvalue weighted by molar-refractivity contribution is 0.0872. The summed E-state index contributed by atoms with van der Waals surface area (Å²) in [7, 11) is 0. The topological polar surface area (TPSA) is 75.4 Å². The molecule has 1 aliphatic carbocycles. The van der Waals surface area contributed by atoms with Crippen LogP contribution in [0.4, 0.5) is 5.69 Å². The molecule has 0 heterocycles. The van der Waals surface area contributed by atoms with E-state index < -0.39 is 0 Å². The van der Waals surface area contributed by atoms with Gasteiger partial charge in [-0.3, -0.25) is 4.79 Å². The Morgan fingerprint density at radius 3 is 2.85 bits per heavy atom. The van der Waals surface area contributed by atoms with Crippen molar-refractivity contribution in [3.8, 4) is 0 Å². The Morgan fingerprint density at radius 1 is 1.45 bits per heavy atom. The van der Waals surface area contributed by atoms with Gasteiger partial charge in [0.15, 0.2) is 0 Å². The van der Waals surface area contributed by atoms with Gasteiger partial charge in [0.05, 0.1) is 0 Å². The molecule has 5 heteroatoms. The van der Waals surface area contributed by atoms with Crippen LogP contribution in [-0.4, -0.2) is 23.7 Å². The van der Waals surface area contributed by atoms with Crippen LogP contribution >= 0.6 is 15.9 Å². The smallest absolute Gasteiger partial charge is 0.251 e. The van der Waals surface area contributed by atoms with E-state index in [9.17, 15) is 9.90 Å². The minimum absolute atomic E-state index is 0.0563. The summed E-state index contributed by atoms with van der Waals surface area (Å²) in [4.78, 5) is 12.4. The lowest BCUT2D eigenvalue weighted by Gasteiger charge is -2.31. The molecule has 110 valence electrons. The van der Waals surface area contributed by atoms with Crippen molar-refractivity contribution in [3.05, 3.63) is 27.7 Å². The molecule has 0 aromatic heterocycles. The number of aliphatic hydroxyl groups excluding tert-OH is 1. The van der Waals surface area contributed by atoms with Crippen molar-refractivity contribution < 1.29 is 9.90 Å². The molecule has 1 aromatic carbocycles. The Hall–Kier alpha value is -1.07. The zero-order valence-corrected chi connectivity index (χ0v) is 13.2. The maximum atomic E-state index is 12.4. The summed E-state index contributed by atoms with van der Waals surface area (Å²) in [6, 6.07) is 3.64. The third-order valence-electron chi connectivity index (χ3n) is 4.12. The molecule has 4 N–H and O–H groups in total. The van der Waals surface area contributed by atoms with Crippen molar-refractivity contribution in [3.63, 3.8) is 0 Å². The minimum Gasteiger partial charge on any atom is -0.398 e. The molecule has 0 spiro atoms. The van der Waals surface area contributed by atoms with Crippen molar-refractivity contribution >= 4 is 27.5 Å². The lowest BCUT2D eigenvalue weighted by atomic mass is 9.85. The number of anilines is 1. The summed E-state index contributed by atoms with van der Waals surface area (Å²) in [5.74, 6) is 0.0540. The molecule has 2 atom stereocenters. The number of hydrogen-bond acceptors (Lipinski definition) is 3. The number of benzene rings is 1. The summed E-state index contributed by atoms with van der Waals surface area (Å²) in [6.07, 6.45) is 4.13. The molecule has 20 heavy (non-hydrogen) atoms. The van der Waals surface area contributed by atoms with E-state index in [1.807, 2.05) is 6.92 Å². The van der Waals surface area contributed by atoms with Gasteiger partial charge >= 0.3 is 0 Å². The number of rotatable bonds is 3. The monoisotopic (exact) mass is 340 g/mol. The number of aliphatic hydroxyl groups is 1. The van der Waals surface area contributed by atoms with E-state index in [2.05, 4.69) is 21.2 Å². The average Bonchev–Trinajstić information content (AvgIpc) is 2.43. The molecule has 1 amide bonds. The van der Waals surface area contributed by atoms with Crippen molar-refractivity contribution in [1.29, 1.82) is 0 Å². The average molecular weight is 341 g/mol. The Bertz CT molecular complexity index is 505. The van der Waals surface area contributed by atoms with Crippen LogP contribution in [0.3, 0.4) is 0 Å². The molecule has 0 radical (unpaired) electrons. The van der Waals surface area contributed by atoms with Gasteiger partial charge < -0.3 is 16.2 Å². The highest BCUT2D eigenvalue weighted by molar-refractivity contribution is 9.10. The number of nitrogens with one attached hydrogen (secondary N) is 1. The van der Waals surface area contributed by atoms with E-state index in [4.69, 9.17) is 5.73 Å². The van der Waals surface area contributed by atoms with Gasteiger partial charge in [-0.25, -0.2) is 0 Å². The van der Waals surface area contributed by atoms with Crippen LogP contribution < -0.4 is 11.1 Å². The highest BCUT2D eigenvalue weighted by Gasteiger charge is 2.26. The molecule has 1 saturated carbocycles. The Labute approximate surface area is 127 Å². The minimum atomic E-state index is -0.110. The molecule has 2 unspecified atom stereocenters. The number of amides is 1. The first-order valence-corrected chi connectivity index (χ1v) is 7.79. The molecule has 4 nitrogen and oxygen atoms in total. The summed E-state index contributed by atoms with van der Waals surface area (Å²) in [5.41, 5.74) is 7.89. The van der Waals surface area contributed by atoms with Gasteiger partial charge in [0.25, 0.3) is 5.91 Å². The third-order valence-corrected chi connectivity index (χ3v) is 4.58. The summed E-state index contributed by atoms with van der Waals surface area (Å²) >= 11 is 3.37. The molecule has 0 aliphatic heterocycles.